The van der Waals surface area contributed by atoms with Crippen molar-refractivity contribution in [3.05, 3.63) is 35.2 Å². The van der Waals surface area contributed by atoms with Crippen LogP contribution in [-0.2, 0) is 11.2 Å². The molecule has 2 atom stereocenters. The third-order valence-electron chi connectivity index (χ3n) is 6.33. The summed E-state index contributed by atoms with van der Waals surface area (Å²) in [6.07, 6.45) is -3.22. The highest BCUT2D eigenvalue weighted by molar-refractivity contribution is 6.03. The molecule has 0 radical (unpaired) electrons. The maximum Gasteiger partial charge on any atom is 0.396 e. The molecule has 4 rings (SSSR count). The van der Waals surface area contributed by atoms with Crippen LogP contribution >= 0.6 is 0 Å². The van der Waals surface area contributed by atoms with E-state index in [2.05, 4.69) is 10.3 Å². The van der Waals surface area contributed by atoms with Crippen molar-refractivity contribution in [3.63, 3.8) is 0 Å². The first kappa shape index (κ1) is 26.2. The number of oxazole rings is 1. The number of fused-ring (bicyclic) bond motifs is 1. The van der Waals surface area contributed by atoms with E-state index in [0.29, 0.717) is 24.8 Å². The van der Waals surface area contributed by atoms with E-state index in [-0.39, 0.29) is 31.0 Å². The highest BCUT2D eigenvalue weighted by Gasteiger charge is 2.47. The Balaban J connectivity index is 1.53. The Morgan fingerprint density at radius 2 is 1.83 bits per heavy atom. The number of carbonyl (C=O) groups is 1. The summed E-state index contributed by atoms with van der Waals surface area (Å²) in [7, 11) is 1.47. The third-order valence-corrected chi connectivity index (χ3v) is 6.33. The van der Waals surface area contributed by atoms with Gasteiger partial charge in [-0.1, -0.05) is 6.92 Å². The molecule has 2 fully saturated rings. The lowest BCUT2D eigenvalue weighted by molar-refractivity contribution is -0.130. The van der Waals surface area contributed by atoms with Gasteiger partial charge in [-0.05, 0) is 37.5 Å². The van der Waals surface area contributed by atoms with Crippen LogP contribution in [0, 0.1) is 23.5 Å². The van der Waals surface area contributed by atoms with Gasteiger partial charge in [-0.3, -0.25) is 4.79 Å². The van der Waals surface area contributed by atoms with Gasteiger partial charge in [-0.2, -0.15) is 18.2 Å². The fraction of sp³-hybridized carbons (Fsp3) is 0.583. The quantitative estimate of drug-likeness (QED) is 0.405. The molecule has 2 unspecified atom stereocenters. The number of hydrogen-bond donors (Lipinski definition) is 1. The smallest absolute Gasteiger partial charge is 0.396 e. The van der Waals surface area contributed by atoms with Gasteiger partial charge in [0.1, 0.15) is 12.2 Å². The molecule has 1 amide bonds. The van der Waals surface area contributed by atoms with Crippen molar-refractivity contribution in [3.8, 4) is 5.75 Å². The van der Waals surface area contributed by atoms with Crippen molar-refractivity contribution < 1.29 is 40.6 Å². The number of hydrogen-bond acceptors (Lipinski definition) is 6. The molecule has 1 heterocycles. The molecule has 1 aromatic heterocycles. The van der Waals surface area contributed by atoms with E-state index >= 15 is 0 Å². The third kappa shape index (κ3) is 6.26. The maximum absolute atomic E-state index is 14.6. The maximum atomic E-state index is 14.6. The summed E-state index contributed by atoms with van der Waals surface area (Å²) in [5.41, 5.74) is -0.906. The topological polar surface area (TPSA) is 76.8 Å². The first-order chi connectivity index (χ1) is 17.1. The Labute approximate surface area is 204 Å². The second-order valence-electron chi connectivity index (χ2n) is 9.23. The highest BCUT2D eigenvalue weighted by atomic mass is 19.4. The van der Waals surface area contributed by atoms with Gasteiger partial charge in [0.25, 0.3) is 11.9 Å². The van der Waals surface area contributed by atoms with Gasteiger partial charge in [0.2, 0.25) is 0 Å². The number of ether oxygens (including phenoxy) is 2. The Kier molecular flexibility index (Phi) is 7.72. The SMILES string of the molecule is CCCN(CCOC)c1nc(C(=O)Nc2cc(F)c(OC3CC4CC4C3)c(F)c2)c(CC(F)(F)F)o1. The summed E-state index contributed by atoms with van der Waals surface area (Å²) in [5, 5.41) is 2.22. The normalized spacial score (nSPS) is 20.8. The molecule has 198 valence electrons. The van der Waals surface area contributed by atoms with Crippen molar-refractivity contribution in [1.29, 1.82) is 0 Å². The zero-order valence-electron chi connectivity index (χ0n) is 20.0. The van der Waals surface area contributed by atoms with Crippen LogP contribution in [0.25, 0.3) is 0 Å². The number of nitrogens with one attached hydrogen (secondary N) is 1. The Hall–Kier alpha value is -2.89. The summed E-state index contributed by atoms with van der Waals surface area (Å²) >= 11 is 0. The number of nitrogens with zero attached hydrogens (tertiary/aromatic N) is 2. The lowest BCUT2D eigenvalue weighted by atomic mass is 10.2. The van der Waals surface area contributed by atoms with Crippen LogP contribution < -0.4 is 15.0 Å². The molecule has 2 aromatic rings. The van der Waals surface area contributed by atoms with Crippen molar-refractivity contribution >= 4 is 17.6 Å². The molecule has 2 aliphatic rings. The zero-order chi connectivity index (χ0) is 26.0. The number of amides is 1. The van der Waals surface area contributed by atoms with Gasteiger partial charge < -0.3 is 24.1 Å². The van der Waals surface area contributed by atoms with E-state index < -0.39 is 47.3 Å². The molecule has 1 aromatic carbocycles. The minimum absolute atomic E-state index is 0.172. The molecule has 36 heavy (non-hydrogen) atoms. The predicted octanol–water partition coefficient (Wildman–Crippen LogP) is 5.35. The average Bonchev–Trinajstić information content (AvgIpc) is 3.19. The van der Waals surface area contributed by atoms with Gasteiger partial charge >= 0.3 is 6.18 Å². The molecular weight excluding hydrogens is 489 g/mol. The number of rotatable bonds is 11. The zero-order valence-corrected chi connectivity index (χ0v) is 20.0. The molecule has 12 heteroatoms. The number of carbonyl (C=O) groups excluding carboxylic acids is 1. The lowest BCUT2D eigenvalue weighted by Gasteiger charge is -2.19. The summed E-state index contributed by atoms with van der Waals surface area (Å²) in [6, 6.07) is 1.55. The molecule has 7 nitrogen and oxygen atoms in total. The second-order valence-corrected chi connectivity index (χ2v) is 9.23. The molecular formula is C24H28F5N3O4. The van der Waals surface area contributed by atoms with E-state index in [1.807, 2.05) is 6.92 Å². The highest BCUT2D eigenvalue weighted by Crippen LogP contribution is 2.52. The molecule has 0 aliphatic heterocycles. The number of anilines is 2. The van der Waals surface area contributed by atoms with Crippen LogP contribution in [0.2, 0.25) is 0 Å². The van der Waals surface area contributed by atoms with E-state index in [0.717, 1.165) is 31.4 Å². The number of alkyl halides is 3. The van der Waals surface area contributed by atoms with Crippen LogP contribution in [0.4, 0.5) is 33.7 Å². The average molecular weight is 517 g/mol. The largest absolute Gasteiger partial charge is 0.484 e. The van der Waals surface area contributed by atoms with E-state index in [1.165, 1.54) is 7.11 Å². The second kappa shape index (κ2) is 10.6. The van der Waals surface area contributed by atoms with Crippen molar-refractivity contribution in [2.24, 2.45) is 11.8 Å². The van der Waals surface area contributed by atoms with E-state index in [4.69, 9.17) is 13.9 Å². The molecule has 0 spiro atoms. The van der Waals surface area contributed by atoms with Gasteiger partial charge in [0.15, 0.2) is 23.1 Å². The summed E-state index contributed by atoms with van der Waals surface area (Å²) < 4.78 is 84.5. The van der Waals surface area contributed by atoms with Crippen molar-refractivity contribution in [2.45, 2.75) is 51.3 Å². The number of methoxy groups -OCH3 is 1. The van der Waals surface area contributed by atoms with Crippen molar-refractivity contribution in [2.75, 3.05) is 37.0 Å². The summed E-state index contributed by atoms with van der Waals surface area (Å²) in [5.74, 6) is -3.24. The fourth-order valence-electron chi connectivity index (χ4n) is 4.59. The molecule has 1 N–H and O–H groups in total. The predicted molar refractivity (Wildman–Crippen MR) is 120 cm³/mol. The molecule has 0 bridgehead atoms. The Morgan fingerprint density at radius 3 is 2.42 bits per heavy atom. The van der Waals surface area contributed by atoms with Crippen LogP contribution in [0.5, 0.6) is 5.75 Å². The van der Waals surface area contributed by atoms with Gasteiger partial charge in [-0.15, -0.1) is 0 Å². The standard InChI is InChI=1S/C24H28F5N3O4/c1-3-4-32(5-6-34-2)23-31-20(19(36-23)12-24(27,28)29)22(33)30-15-10-17(25)21(18(26)11-15)35-16-8-13-7-14(13)9-16/h10-11,13-14,16H,3-9,12H2,1-2H3,(H,30,33). The van der Waals surface area contributed by atoms with Crippen molar-refractivity contribution in [1.82, 2.24) is 4.98 Å². The lowest BCUT2D eigenvalue weighted by Crippen LogP contribution is -2.28. The number of aromatic nitrogens is 1. The number of benzene rings is 1. The monoisotopic (exact) mass is 517 g/mol. The van der Waals surface area contributed by atoms with Gasteiger partial charge in [0, 0.05) is 38.0 Å². The Morgan fingerprint density at radius 1 is 1.17 bits per heavy atom. The van der Waals surface area contributed by atoms with Crippen LogP contribution in [0.1, 0.15) is 48.9 Å². The molecule has 2 aliphatic carbocycles. The fourth-order valence-corrected chi connectivity index (χ4v) is 4.59. The summed E-state index contributed by atoms with van der Waals surface area (Å²) in [4.78, 5) is 18.4. The van der Waals surface area contributed by atoms with Crippen LogP contribution in [0.15, 0.2) is 16.5 Å². The van der Waals surface area contributed by atoms with Gasteiger partial charge in [-0.25, -0.2) is 8.78 Å². The van der Waals surface area contributed by atoms with E-state index in [9.17, 15) is 26.7 Å². The van der Waals surface area contributed by atoms with E-state index in [1.54, 1.807) is 4.90 Å². The number of halogens is 5. The Bertz CT molecular complexity index is 1060. The van der Waals surface area contributed by atoms with Crippen LogP contribution in [0.3, 0.4) is 0 Å². The molecule has 2 saturated carbocycles. The first-order valence-corrected chi connectivity index (χ1v) is 11.8. The van der Waals surface area contributed by atoms with Gasteiger partial charge in [0.05, 0.1) is 12.7 Å². The minimum Gasteiger partial charge on any atom is -0.484 e. The first-order valence-electron chi connectivity index (χ1n) is 11.8. The summed E-state index contributed by atoms with van der Waals surface area (Å²) in [6.45, 7) is 2.79. The van der Waals surface area contributed by atoms with Crippen LogP contribution in [-0.4, -0.2) is 50.0 Å². The molecule has 0 saturated heterocycles. The minimum atomic E-state index is -4.67.